The van der Waals surface area contributed by atoms with Crippen LogP contribution in [0.25, 0.3) is 0 Å². The maximum atomic E-state index is 5.86. The molecule has 4 aliphatic carbocycles. The van der Waals surface area contributed by atoms with Crippen LogP contribution in [0.1, 0.15) is 49.9 Å². The van der Waals surface area contributed by atoms with Crippen molar-refractivity contribution >= 4 is 5.95 Å². The van der Waals surface area contributed by atoms with Crippen molar-refractivity contribution in [2.45, 2.75) is 50.9 Å². The fourth-order valence-corrected chi connectivity index (χ4v) is 5.29. The van der Waals surface area contributed by atoms with Crippen molar-refractivity contribution in [1.29, 1.82) is 0 Å². The molecule has 0 spiro atoms. The lowest BCUT2D eigenvalue weighted by Gasteiger charge is -2.56. The molecule has 4 fully saturated rings. The molecule has 18 heavy (non-hydrogen) atoms. The summed E-state index contributed by atoms with van der Waals surface area (Å²) in [5.41, 5.74) is 8.46. The third kappa shape index (κ3) is 1.49. The van der Waals surface area contributed by atoms with Gasteiger partial charge in [0.25, 0.3) is 0 Å². The van der Waals surface area contributed by atoms with Gasteiger partial charge in [-0.25, -0.2) is 9.97 Å². The Morgan fingerprint density at radius 3 is 2.11 bits per heavy atom. The molecule has 0 unspecified atom stereocenters. The van der Waals surface area contributed by atoms with Crippen LogP contribution in [0.2, 0.25) is 0 Å². The van der Waals surface area contributed by atoms with Gasteiger partial charge in [0, 0.05) is 11.1 Å². The lowest BCUT2D eigenvalue weighted by Crippen LogP contribution is -2.49. The molecule has 0 atom stereocenters. The quantitative estimate of drug-likeness (QED) is 0.825. The van der Waals surface area contributed by atoms with Gasteiger partial charge in [0.05, 0.1) is 5.69 Å². The maximum absolute atomic E-state index is 5.86. The van der Waals surface area contributed by atoms with E-state index in [1.807, 2.05) is 6.92 Å². The van der Waals surface area contributed by atoms with Gasteiger partial charge >= 0.3 is 0 Å². The Hall–Kier alpha value is -1.12. The molecule has 2 N–H and O–H groups in total. The molecule has 3 nitrogen and oxygen atoms in total. The fourth-order valence-electron chi connectivity index (χ4n) is 5.29. The number of anilines is 1. The van der Waals surface area contributed by atoms with Crippen LogP contribution in [-0.4, -0.2) is 9.97 Å². The molecule has 0 aromatic carbocycles. The summed E-state index contributed by atoms with van der Waals surface area (Å²) in [6.45, 7) is 2.03. The minimum atomic E-state index is 0.344. The van der Waals surface area contributed by atoms with Gasteiger partial charge in [0.15, 0.2) is 0 Å². The number of nitrogens with two attached hydrogens (primary N) is 1. The molecule has 1 aromatic heterocycles. The van der Waals surface area contributed by atoms with Gasteiger partial charge in [-0.2, -0.15) is 0 Å². The predicted molar refractivity (Wildman–Crippen MR) is 71.0 cm³/mol. The second-order valence-corrected chi connectivity index (χ2v) is 6.95. The molecule has 4 saturated carbocycles. The average Bonchev–Trinajstić information content (AvgIpc) is 2.25. The van der Waals surface area contributed by atoms with Gasteiger partial charge in [-0.1, -0.05) is 0 Å². The minimum absolute atomic E-state index is 0.344. The van der Waals surface area contributed by atoms with E-state index in [4.69, 9.17) is 5.73 Å². The first kappa shape index (κ1) is 10.8. The van der Waals surface area contributed by atoms with E-state index in [1.54, 1.807) is 0 Å². The van der Waals surface area contributed by atoms with Gasteiger partial charge < -0.3 is 5.73 Å². The summed E-state index contributed by atoms with van der Waals surface area (Å²) in [4.78, 5) is 8.82. The van der Waals surface area contributed by atoms with Crippen molar-refractivity contribution in [2.24, 2.45) is 17.8 Å². The summed E-state index contributed by atoms with van der Waals surface area (Å²) in [5, 5.41) is 0. The van der Waals surface area contributed by atoms with E-state index in [0.717, 1.165) is 23.4 Å². The Morgan fingerprint density at radius 1 is 1.06 bits per heavy atom. The molecule has 0 aliphatic heterocycles. The summed E-state index contributed by atoms with van der Waals surface area (Å²) in [6, 6.07) is 2.18. The first-order valence-electron chi connectivity index (χ1n) is 7.25. The molecular weight excluding hydrogens is 222 g/mol. The zero-order chi connectivity index (χ0) is 12.3. The average molecular weight is 243 g/mol. The van der Waals surface area contributed by atoms with Crippen molar-refractivity contribution in [2.75, 3.05) is 5.73 Å². The van der Waals surface area contributed by atoms with Crippen LogP contribution in [0.3, 0.4) is 0 Å². The van der Waals surface area contributed by atoms with Gasteiger partial charge in [0.1, 0.15) is 0 Å². The van der Waals surface area contributed by atoms with E-state index in [-0.39, 0.29) is 0 Å². The van der Waals surface area contributed by atoms with Crippen LogP contribution in [0.4, 0.5) is 5.95 Å². The summed E-state index contributed by atoms with van der Waals surface area (Å²) >= 11 is 0. The SMILES string of the molecule is Cc1cc(C23CC4CC(CC(C4)C2)C3)nc(N)n1. The smallest absolute Gasteiger partial charge is 0.220 e. The third-order valence-corrected chi connectivity index (χ3v) is 5.45. The summed E-state index contributed by atoms with van der Waals surface area (Å²) in [6.07, 6.45) is 8.44. The third-order valence-electron chi connectivity index (χ3n) is 5.45. The first-order chi connectivity index (χ1) is 8.63. The first-order valence-corrected chi connectivity index (χ1v) is 7.25. The second-order valence-electron chi connectivity index (χ2n) is 6.95. The topological polar surface area (TPSA) is 51.8 Å². The van der Waals surface area contributed by atoms with E-state index in [9.17, 15) is 0 Å². The van der Waals surface area contributed by atoms with E-state index < -0.39 is 0 Å². The maximum Gasteiger partial charge on any atom is 0.220 e. The Kier molecular flexibility index (Phi) is 2.07. The van der Waals surface area contributed by atoms with E-state index >= 15 is 0 Å². The van der Waals surface area contributed by atoms with Crippen LogP contribution >= 0.6 is 0 Å². The molecule has 5 rings (SSSR count). The number of nitrogens with zero attached hydrogens (tertiary/aromatic N) is 2. The number of aryl methyl sites for hydroxylation is 1. The van der Waals surface area contributed by atoms with Crippen molar-refractivity contribution in [3.8, 4) is 0 Å². The summed E-state index contributed by atoms with van der Waals surface area (Å²) < 4.78 is 0. The molecular formula is C15H21N3. The normalized spacial score (nSPS) is 41.3. The van der Waals surface area contributed by atoms with E-state index in [0.29, 0.717) is 11.4 Å². The number of hydrogen-bond acceptors (Lipinski definition) is 3. The highest BCUT2D eigenvalue weighted by Gasteiger charge is 2.52. The van der Waals surface area contributed by atoms with Crippen LogP contribution < -0.4 is 5.73 Å². The highest BCUT2D eigenvalue weighted by atomic mass is 15.0. The van der Waals surface area contributed by atoms with Crippen molar-refractivity contribution in [3.05, 3.63) is 17.5 Å². The molecule has 0 radical (unpaired) electrons. The van der Waals surface area contributed by atoms with Crippen LogP contribution in [-0.2, 0) is 5.41 Å². The van der Waals surface area contributed by atoms with Gasteiger partial charge in [0.2, 0.25) is 5.95 Å². The fraction of sp³-hybridized carbons (Fsp3) is 0.733. The summed E-state index contributed by atoms with van der Waals surface area (Å²) in [7, 11) is 0. The lowest BCUT2D eigenvalue weighted by molar-refractivity contribution is -0.00722. The van der Waals surface area contributed by atoms with E-state index in [1.165, 1.54) is 44.2 Å². The van der Waals surface area contributed by atoms with Gasteiger partial charge in [-0.05, 0) is 69.3 Å². The Labute approximate surface area is 108 Å². The predicted octanol–water partition coefficient (Wildman–Crippen LogP) is 2.84. The Morgan fingerprint density at radius 2 is 1.61 bits per heavy atom. The molecule has 4 aliphatic rings. The molecule has 0 saturated heterocycles. The molecule has 3 heteroatoms. The van der Waals surface area contributed by atoms with Crippen molar-refractivity contribution < 1.29 is 0 Å². The zero-order valence-electron chi connectivity index (χ0n) is 11.0. The zero-order valence-corrected chi connectivity index (χ0v) is 11.0. The molecule has 96 valence electrons. The van der Waals surface area contributed by atoms with Crippen LogP contribution in [0, 0.1) is 24.7 Å². The van der Waals surface area contributed by atoms with Crippen molar-refractivity contribution in [1.82, 2.24) is 9.97 Å². The van der Waals surface area contributed by atoms with Crippen molar-refractivity contribution in [3.63, 3.8) is 0 Å². The highest BCUT2D eigenvalue weighted by molar-refractivity contribution is 5.29. The summed E-state index contributed by atoms with van der Waals surface area (Å²) in [5.74, 6) is 3.31. The Balaban J connectivity index is 1.79. The van der Waals surface area contributed by atoms with Crippen LogP contribution in [0.5, 0.6) is 0 Å². The highest BCUT2D eigenvalue weighted by Crippen LogP contribution is 2.60. The standard InChI is InChI=1S/C15H21N3/c1-9-2-13(18-14(16)17-9)15-6-10-3-11(7-15)5-12(4-10)8-15/h2,10-12H,3-8H2,1H3,(H2,16,17,18). The minimum Gasteiger partial charge on any atom is -0.368 e. The largest absolute Gasteiger partial charge is 0.368 e. The molecule has 1 aromatic rings. The second kappa shape index (κ2) is 3.46. The number of rotatable bonds is 1. The Bertz CT molecular complexity index is 439. The lowest BCUT2D eigenvalue weighted by atomic mass is 9.49. The molecule has 1 heterocycles. The van der Waals surface area contributed by atoms with Gasteiger partial charge in [-0.3, -0.25) is 0 Å². The number of aromatic nitrogens is 2. The molecule has 4 bridgehead atoms. The van der Waals surface area contributed by atoms with Gasteiger partial charge in [-0.15, -0.1) is 0 Å². The van der Waals surface area contributed by atoms with Crippen LogP contribution in [0.15, 0.2) is 6.07 Å². The number of nitrogen functional groups attached to an aromatic ring is 1. The molecule has 0 amide bonds. The monoisotopic (exact) mass is 243 g/mol. The van der Waals surface area contributed by atoms with E-state index in [2.05, 4.69) is 16.0 Å². The number of hydrogen-bond donors (Lipinski definition) is 1.